The van der Waals surface area contributed by atoms with Crippen LogP contribution in [-0.2, 0) is 4.79 Å². The second-order valence-electron chi connectivity index (χ2n) is 7.42. The van der Waals surface area contributed by atoms with Gasteiger partial charge in [-0.2, -0.15) is 0 Å². The molecule has 0 bridgehead atoms. The number of anilines is 2. The number of nitrogens with one attached hydrogen (secondary N) is 2. The van der Waals surface area contributed by atoms with E-state index in [2.05, 4.69) is 21.9 Å². The van der Waals surface area contributed by atoms with Crippen LogP contribution in [-0.4, -0.2) is 45.6 Å². The molecular formula is C24H24N6O2. The molecule has 1 aliphatic heterocycles. The van der Waals surface area contributed by atoms with E-state index in [9.17, 15) is 4.79 Å². The zero-order valence-corrected chi connectivity index (χ0v) is 17.5. The van der Waals surface area contributed by atoms with Crippen LogP contribution in [0.2, 0.25) is 0 Å². The van der Waals surface area contributed by atoms with Crippen molar-refractivity contribution in [2.75, 3.05) is 24.1 Å². The molecule has 1 fully saturated rings. The van der Waals surface area contributed by atoms with Crippen LogP contribution in [0.15, 0.2) is 73.6 Å². The minimum atomic E-state index is -0.0951. The molecule has 8 nitrogen and oxygen atoms in total. The summed E-state index contributed by atoms with van der Waals surface area (Å²) in [6.45, 7) is 4.71. The number of ether oxygens (including phenoxy) is 1. The Morgan fingerprint density at radius 2 is 1.88 bits per heavy atom. The standard InChI is InChI=1S/C24H24N6O2/c1-2-20(31)30-13-12-17(14-30)29-24-21(23(26)27-15-28-24)22(25)16-8-10-19(11-9-16)32-18-6-4-3-5-7-18/h2-11,15,17,25H,1,12-14H2,(H3,26,27,28,29). The van der Waals surface area contributed by atoms with Crippen LogP contribution >= 0.6 is 0 Å². The number of benzene rings is 2. The van der Waals surface area contributed by atoms with Gasteiger partial charge in [0.25, 0.3) is 0 Å². The van der Waals surface area contributed by atoms with E-state index in [1.54, 1.807) is 29.2 Å². The first-order valence-corrected chi connectivity index (χ1v) is 10.3. The third-order valence-electron chi connectivity index (χ3n) is 5.26. The summed E-state index contributed by atoms with van der Waals surface area (Å²) >= 11 is 0. The van der Waals surface area contributed by atoms with Gasteiger partial charge in [-0.1, -0.05) is 24.8 Å². The summed E-state index contributed by atoms with van der Waals surface area (Å²) in [5.41, 5.74) is 7.42. The highest BCUT2D eigenvalue weighted by Crippen LogP contribution is 2.26. The summed E-state index contributed by atoms with van der Waals surface area (Å²) in [5.74, 6) is 2.01. The van der Waals surface area contributed by atoms with Gasteiger partial charge in [-0.3, -0.25) is 10.2 Å². The smallest absolute Gasteiger partial charge is 0.246 e. The van der Waals surface area contributed by atoms with Crippen molar-refractivity contribution >= 4 is 23.3 Å². The van der Waals surface area contributed by atoms with Gasteiger partial charge in [0.1, 0.15) is 29.5 Å². The van der Waals surface area contributed by atoms with Crippen molar-refractivity contribution < 1.29 is 9.53 Å². The quantitative estimate of drug-likeness (QED) is 0.392. The average molecular weight is 428 g/mol. The van der Waals surface area contributed by atoms with Crippen LogP contribution in [0, 0.1) is 5.41 Å². The lowest BCUT2D eigenvalue weighted by atomic mass is 10.0. The Labute approximate surface area is 186 Å². The Kier molecular flexibility index (Phi) is 6.12. The molecule has 1 amide bonds. The molecule has 1 unspecified atom stereocenters. The summed E-state index contributed by atoms with van der Waals surface area (Å²) in [7, 11) is 0. The van der Waals surface area contributed by atoms with Gasteiger partial charge in [0.2, 0.25) is 5.91 Å². The van der Waals surface area contributed by atoms with Crippen molar-refractivity contribution in [3.63, 3.8) is 0 Å². The van der Waals surface area contributed by atoms with Crippen LogP contribution in [0.4, 0.5) is 11.6 Å². The van der Waals surface area contributed by atoms with Crippen molar-refractivity contribution in [3.8, 4) is 11.5 Å². The van der Waals surface area contributed by atoms with Gasteiger partial charge in [-0.25, -0.2) is 9.97 Å². The Morgan fingerprint density at radius 3 is 2.59 bits per heavy atom. The van der Waals surface area contributed by atoms with E-state index in [1.807, 2.05) is 30.3 Å². The van der Waals surface area contributed by atoms with E-state index in [0.29, 0.717) is 35.8 Å². The van der Waals surface area contributed by atoms with Crippen LogP contribution < -0.4 is 15.8 Å². The van der Waals surface area contributed by atoms with Gasteiger partial charge in [0.05, 0.1) is 11.3 Å². The maximum absolute atomic E-state index is 11.9. The summed E-state index contributed by atoms with van der Waals surface area (Å²) < 4.78 is 5.82. The highest BCUT2D eigenvalue weighted by Gasteiger charge is 2.26. The molecule has 0 saturated carbocycles. The first-order chi connectivity index (χ1) is 15.5. The summed E-state index contributed by atoms with van der Waals surface area (Å²) in [6.07, 6.45) is 3.45. The van der Waals surface area contributed by atoms with E-state index < -0.39 is 0 Å². The molecule has 162 valence electrons. The fraction of sp³-hybridized carbons (Fsp3) is 0.167. The number of rotatable bonds is 7. The fourth-order valence-electron chi connectivity index (χ4n) is 3.61. The van der Waals surface area contributed by atoms with Gasteiger partial charge in [0.15, 0.2) is 0 Å². The van der Waals surface area contributed by atoms with Crippen molar-refractivity contribution in [2.24, 2.45) is 0 Å². The van der Waals surface area contributed by atoms with Crippen molar-refractivity contribution in [3.05, 3.63) is 84.7 Å². The topological polar surface area (TPSA) is 117 Å². The van der Waals surface area contributed by atoms with Gasteiger partial charge < -0.3 is 20.7 Å². The monoisotopic (exact) mass is 428 g/mol. The SMILES string of the molecule is C=CC(=O)N1CCC(Nc2ncnc(N)c2C(=N)c2ccc(Oc3ccccc3)cc2)C1. The molecule has 0 aliphatic carbocycles. The molecule has 3 aromatic rings. The van der Waals surface area contributed by atoms with Crippen LogP contribution in [0.3, 0.4) is 0 Å². The minimum Gasteiger partial charge on any atom is -0.457 e. The number of likely N-dealkylation sites (tertiary alicyclic amines) is 1. The number of nitrogens with zero attached hydrogens (tertiary/aromatic N) is 3. The number of nitrogens with two attached hydrogens (primary N) is 1. The Bertz CT molecular complexity index is 1130. The molecule has 2 aromatic carbocycles. The van der Waals surface area contributed by atoms with E-state index in [0.717, 1.165) is 12.2 Å². The number of hydrogen-bond donors (Lipinski definition) is 3. The van der Waals surface area contributed by atoms with Crippen molar-refractivity contribution in [1.82, 2.24) is 14.9 Å². The van der Waals surface area contributed by atoms with Crippen LogP contribution in [0.5, 0.6) is 11.5 Å². The second-order valence-corrected chi connectivity index (χ2v) is 7.42. The molecule has 1 atom stereocenters. The molecule has 0 spiro atoms. The zero-order valence-electron chi connectivity index (χ0n) is 17.5. The zero-order chi connectivity index (χ0) is 22.5. The van der Waals surface area contributed by atoms with E-state index in [4.69, 9.17) is 15.9 Å². The highest BCUT2D eigenvalue weighted by atomic mass is 16.5. The molecule has 1 aromatic heterocycles. The molecular weight excluding hydrogens is 404 g/mol. The summed E-state index contributed by atoms with van der Waals surface area (Å²) in [5, 5.41) is 12.1. The van der Waals surface area contributed by atoms with Gasteiger partial charge in [-0.05, 0) is 48.9 Å². The number of nitrogen functional groups attached to an aromatic ring is 1. The van der Waals surface area contributed by atoms with Gasteiger partial charge in [0, 0.05) is 24.7 Å². The Hall–Kier alpha value is -4.20. The molecule has 1 aliphatic rings. The normalized spacial score (nSPS) is 15.2. The first-order valence-electron chi connectivity index (χ1n) is 10.3. The maximum Gasteiger partial charge on any atom is 0.246 e. The fourth-order valence-corrected chi connectivity index (χ4v) is 3.61. The van der Waals surface area contributed by atoms with Crippen molar-refractivity contribution in [1.29, 1.82) is 5.41 Å². The number of amides is 1. The van der Waals surface area contributed by atoms with Crippen LogP contribution in [0.1, 0.15) is 17.5 Å². The molecule has 2 heterocycles. The molecule has 4 N–H and O–H groups in total. The third-order valence-corrected chi connectivity index (χ3v) is 5.26. The number of para-hydroxylation sites is 1. The van der Waals surface area contributed by atoms with E-state index in [1.165, 1.54) is 12.4 Å². The second kappa shape index (κ2) is 9.30. The third kappa shape index (κ3) is 4.59. The average Bonchev–Trinajstić information content (AvgIpc) is 3.28. The first kappa shape index (κ1) is 21.0. The molecule has 8 heteroatoms. The lowest BCUT2D eigenvalue weighted by Gasteiger charge is -2.18. The predicted molar refractivity (Wildman–Crippen MR) is 124 cm³/mol. The maximum atomic E-state index is 11.9. The summed E-state index contributed by atoms with van der Waals surface area (Å²) in [6, 6.07) is 16.7. The van der Waals surface area contributed by atoms with Gasteiger partial charge in [-0.15, -0.1) is 0 Å². The number of hydrogen-bond acceptors (Lipinski definition) is 7. The number of aromatic nitrogens is 2. The lowest BCUT2D eigenvalue weighted by molar-refractivity contribution is -0.125. The Balaban J connectivity index is 1.51. The largest absolute Gasteiger partial charge is 0.457 e. The minimum absolute atomic E-state index is 0.00129. The molecule has 1 saturated heterocycles. The predicted octanol–water partition coefficient (Wildman–Crippen LogP) is 3.47. The van der Waals surface area contributed by atoms with E-state index in [-0.39, 0.29) is 23.5 Å². The number of carbonyl (C=O) groups is 1. The van der Waals surface area contributed by atoms with Gasteiger partial charge >= 0.3 is 0 Å². The summed E-state index contributed by atoms with van der Waals surface area (Å²) in [4.78, 5) is 22.0. The number of carbonyl (C=O) groups excluding carboxylic acids is 1. The lowest BCUT2D eigenvalue weighted by Crippen LogP contribution is -2.30. The van der Waals surface area contributed by atoms with Crippen molar-refractivity contribution in [2.45, 2.75) is 12.5 Å². The molecule has 32 heavy (non-hydrogen) atoms. The molecule has 0 radical (unpaired) electrons. The Morgan fingerprint density at radius 1 is 1.16 bits per heavy atom. The highest BCUT2D eigenvalue weighted by molar-refractivity contribution is 6.16. The molecule has 4 rings (SSSR count). The van der Waals surface area contributed by atoms with Crippen LogP contribution in [0.25, 0.3) is 0 Å². The van der Waals surface area contributed by atoms with E-state index >= 15 is 0 Å².